The van der Waals surface area contributed by atoms with Crippen LogP contribution >= 0.6 is 0 Å². The summed E-state index contributed by atoms with van der Waals surface area (Å²) in [7, 11) is 0. The van der Waals surface area contributed by atoms with Crippen LogP contribution in [0, 0.1) is 11.8 Å². The third-order valence-electron chi connectivity index (χ3n) is 9.86. The summed E-state index contributed by atoms with van der Waals surface area (Å²) in [6.45, 7) is 23.3. The third-order valence-corrected chi connectivity index (χ3v) is 9.86. The van der Waals surface area contributed by atoms with Gasteiger partial charge in [-0.1, -0.05) is 117 Å². The number of nitrogens with zero attached hydrogens (tertiary/aromatic N) is 5. The first-order valence-corrected chi connectivity index (χ1v) is 19.8. The second-order valence-electron chi connectivity index (χ2n) is 14.4. The summed E-state index contributed by atoms with van der Waals surface area (Å²) >= 11 is 0. The van der Waals surface area contributed by atoms with Crippen LogP contribution in [0.1, 0.15) is 136 Å². The lowest BCUT2D eigenvalue weighted by atomic mass is 9.90. The van der Waals surface area contributed by atoms with Crippen LogP contribution in [0.15, 0.2) is 75.1 Å². The Kier molecular flexibility index (Phi) is 14.6. The minimum atomic E-state index is -0.578. The van der Waals surface area contributed by atoms with Crippen LogP contribution in [0.5, 0.6) is 5.75 Å². The summed E-state index contributed by atoms with van der Waals surface area (Å²) in [5.74, 6) is 2.96. The van der Waals surface area contributed by atoms with Gasteiger partial charge in [-0.15, -0.1) is 0 Å². The molecule has 54 heavy (non-hydrogen) atoms. The van der Waals surface area contributed by atoms with Gasteiger partial charge in [-0.3, -0.25) is 14.3 Å². The number of allylic oxidation sites excluding steroid dienone is 4. The second kappa shape index (κ2) is 18.9. The number of aromatic nitrogens is 6. The van der Waals surface area contributed by atoms with Crippen LogP contribution in [0.4, 0.5) is 0 Å². The highest BCUT2D eigenvalue weighted by Crippen LogP contribution is 2.36. The van der Waals surface area contributed by atoms with Crippen molar-refractivity contribution in [1.29, 1.82) is 0 Å². The molecule has 1 unspecified atom stereocenters. The van der Waals surface area contributed by atoms with Crippen LogP contribution in [0.3, 0.4) is 0 Å². The second-order valence-corrected chi connectivity index (χ2v) is 14.4. The van der Waals surface area contributed by atoms with Crippen LogP contribution in [-0.2, 0) is 19.3 Å². The molecular formula is C44H60N6O4. The normalized spacial score (nSPS) is 14.7. The van der Waals surface area contributed by atoms with Crippen molar-refractivity contribution in [3.05, 3.63) is 116 Å². The highest BCUT2D eigenvalue weighted by atomic mass is 16.5. The molecule has 290 valence electrons. The van der Waals surface area contributed by atoms with E-state index in [9.17, 15) is 9.59 Å². The van der Waals surface area contributed by atoms with Crippen molar-refractivity contribution in [3.63, 3.8) is 0 Å². The topological polar surface area (TPSA) is 120 Å². The highest BCUT2D eigenvalue weighted by Gasteiger charge is 2.31. The quantitative estimate of drug-likeness (QED) is 0.160. The summed E-state index contributed by atoms with van der Waals surface area (Å²) in [5, 5.41) is 8.44. The van der Waals surface area contributed by atoms with Crippen molar-refractivity contribution < 1.29 is 9.26 Å². The van der Waals surface area contributed by atoms with Crippen LogP contribution in [0.25, 0.3) is 22.6 Å². The summed E-state index contributed by atoms with van der Waals surface area (Å²) in [6, 6.07) is 14.1. The molecule has 0 saturated heterocycles. The first-order valence-electron chi connectivity index (χ1n) is 19.8. The van der Waals surface area contributed by atoms with E-state index in [0.29, 0.717) is 30.0 Å². The Morgan fingerprint density at radius 2 is 1.61 bits per heavy atom. The molecule has 1 atom stereocenters. The maximum atomic E-state index is 14.3. The number of benzene rings is 2. The molecule has 2 aromatic carbocycles. The Morgan fingerprint density at radius 3 is 2.20 bits per heavy atom. The number of rotatable bonds is 9. The van der Waals surface area contributed by atoms with Crippen molar-refractivity contribution >= 4 is 16.9 Å². The Balaban J connectivity index is 0.000000527. The van der Waals surface area contributed by atoms with Gasteiger partial charge in [-0.05, 0) is 79.8 Å². The van der Waals surface area contributed by atoms with Gasteiger partial charge < -0.3 is 4.74 Å². The van der Waals surface area contributed by atoms with Gasteiger partial charge >= 0.3 is 5.76 Å². The lowest BCUT2D eigenvalue weighted by Crippen LogP contribution is -2.28. The molecule has 4 heterocycles. The van der Waals surface area contributed by atoms with Crippen LogP contribution in [0.2, 0.25) is 0 Å². The van der Waals surface area contributed by atoms with Gasteiger partial charge in [0.1, 0.15) is 17.7 Å². The summed E-state index contributed by atoms with van der Waals surface area (Å²) in [5.41, 5.74) is 6.85. The fourth-order valence-electron chi connectivity index (χ4n) is 6.69. The number of fused-ring (bicyclic) bond motifs is 2. The van der Waals surface area contributed by atoms with Gasteiger partial charge in [0, 0.05) is 29.5 Å². The Labute approximate surface area is 320 Å². The molecule has 1 aliphatic carbocycles. The molecule has 5 aromatic rings. The molecule has 0 amide bonds. The number of H-pyrrole nitrogens is 1. The van der Waals surface area contributed by atoms with Crippen molar-refractivity contribution in [2.45, 2.75) is 127 Å². The van der Waals surface area contributed by atoms with Crippen molar-refractivity contribution in [2.24, 2.45) is 11.8 Å². The molecule has 0 radical (unpaired) electrons. The van der Waals surface area contributed by atoms with Gasteiger partial charge in [0.2, 0.25) is 5.78 Å². The monoisotopic (exact) mass is 736 g/mol. The minimum Gasteiger partial charge on any atom is -0.487 e. The van der Waals surface area contributed by atoms with Crippen molar-refractivity contribution in [2.75, 3.05) is 0 Å². The summed E-state index contributed by atoms with van der Waals surface area (Å²) in [4.78, 5) is 33.1. The smallest absolute Gasteiger partial charge is 0.439 e. The van der Waals surface area contributed by atoms with Gasteiger partial charge in [-0.25, -0.2) is 13.9 Å². The Hall–Kier alpha value is -4.99. The predicted octanol–water partition coefficient (Wildman–Crippen LogP) is 9.82. The summed E-state index contributed by atoms with van der Waals surface area (Å²) in [6.07, 6.45) is 11.6. The maximum Gasteiger partial charge on any atom is 0.439 e. The Bertz CT molecular complexity index is 2160. The van der Waals surface area contributed by atoms with Gasteiger partial charge in [0.25, 0.3) is 5.56 Å². The van der Waals surface area contributed by atoms with E-state index in [0.717, 1.165) is 82.5 Å². The van der Waals surface area contributed by atoms with E-state index in [1.807, 2.05) is 74.7 Å². The maximum absolute atomic E-state index is 14.3. The summed E-state index contributed by atoms with van der Waals surface area (Å²) < 4.78 is 14.3. The average molecular weight is 737 g/mol. The number of hydrogen-bond donors (Lipinski definition) is 1. The molecule has 0 fully saturated rings. The average Bonchev–Trinajstić information content (AvgIpc) is 3.92. The molecular weight excluding hydrogens is 677 g/mol. The van der Waals surface area contributed by atoms with E-state index < -0.39 is 5.76 Å². The van der Waals surface area contributed by atoms with E-state index in [1.54, 1.807) is 4.57 Å². The molecule has 0 saturated carbocycles. The lowest BCUT2D eigenvalue weighted by Gasteiger charge is -2.17. The van der Waals surface area contributed by atoms with Gasteiger partial charge in [-0.2, -0.15) is 10.1 Å². The largest absolute Gasteiger partial charge is 0.487 e. The number of aryl methyl sites for hydroxylation is 1. The molecule has 1 N–H and O–H groups in total. The fourth-order valence-corrected chi connectivity index (χ4v) is 6.69. The molecule has 1 aliphatic heterocycles. The van der Waals surface area contributed by atoms with Crippen LogP contribution in [-0.4, -0.2) is 34.9 Å². The number of hydrogen-bond acceptors (Lipinski definition) is 7. The zero-order valence-corrected chi connectivity index (χ0v) is 34.2. The lowest BCUT2D eigenvalue weighted by molar-refractivity contribution is 0.138. The first kappa shape index (κ1) is 41.8. The zero-order valence-electron chi connectivity index (χ0n) is 34.2. The fraction of sp³-hybridized carbons (Fsp3) is 0.477. The molecule has 0 spiro atoms. The SMILES string of the molecule is CC.CC.CCC(C)C(C)C.CCCc1c(Cc2ccc(C3=CCCC=C3c3noc(=O)[nH]3)cc2)c(=O)n(-c2ccc3c(c2)CC(C)(C)O3)c2ncnn12. The third kappa shape index (κ3) is 9.38. The minimum absolute atomic E-state index is 0.0960. The highest BCUT2D eigenvalue weighted by molar-refractivity contribution is 6.03. The Morgan fingerprint density at radius 1 is 0.926 bits per heavy atom. The predicted molar refractivity (Wildman–Crippen MR) is 220 cm³/mol. The molecule has 7 rings (SSSR count). The van der Waals surface area contributed by atoms with E-state index in [4.69, 9.17) is 9.26 Å². The van der Waals surface area contributed by atoms with Gasteiger partial charge in [0.15, 0.2) is 5.82 Å². The van der Waals surface area contributed by atoms with E-state index in [2.05, 4.69) is 80.8 Å². The molecule has 2 aliphatic rings. The standard InChI is InChI=1S/C33H32N6O4.C7H16.2C2H6/c1-4-7-27-26(16-20-10-12-21(13-11-20)24-8-5-6-9-25(24)29-36-32(41)43-37-29)30(40)38(31-34-19-35-39(27)31)23-14-15-28-22(17-23)18-33(2,3)42-28;1-5-7(4)6(2)3;2*1-2/h8-15,17,19H,4-7,16,18H2,1-3H3,(H,36,37,41);6-7H,5H2,1-4H3;2*1-2H3. The molecule has 10 heteroatoms. The molecule has 10 nitrogen and oxygen atoms in total. The van der Waals surface area contributed by atoms with E-state index in [1.165, 1.54) is 12.7 Å². The van der Waals surface area contributed by atoms with Crippen molar-refractivity contribution in [1.82, 2.24) is 29.3 Å². The van der Waals surface area contributed by atoms with E-state index in [-0.39, 0.29) is 11.2 Å². The zero-order chi connectivity index (χ0) is 39.6. The molecule has 3 aromatic heterocycles. The number of aromatic amines is 1. The molecule has 0 bridgehead atoms. The van der Waals surface area contributed by atoms with Crippen molar-refractivity contribution in [3.8, 4) is 11.4 Å². The number of ether oxygens (including phenoxy) is 1. The number of nitrogens with one attached hydrogen (secondary N) is 1. The van der Waals surface area contributed by atoms with E-state index >= 15 is 0 Å². The first-order chi connectivity index (χ1) is 26.0. The van der Waals surface area contributed by atoms with Crippen LogP contribution < -0.4 is 16.1 Å². The van der Waals surface area contributed by atoms with Gasteiger partial charge in [0.05, 0.1) is 11.4 Å².